The zero-order valence-electron chi connectivity index (χ0n) is 22.4. The fourth-order valence-electron chi connectivity index (χ4n) is 4.08. The fourth-order valence-corrected chi connectivity index (χ4v) is 4.38. The molecule has 2 amide bonds. The van der Waals surface area contributed by atoms with Crippen molar-refractivity contribution in [1.82, 2.24) is 15.6 Å². The van der Waals surface area contributed by atoms with Crippen LogP contribution in [0.1, 0.15) is 48.4 Å². The lowest BCUT2D eigenvalue weighted by molar-refractivity contribution is -0.138. The number of carbonyl (C=O) groups excluding carboxylic acids is 2. The average molecular weight is 567 g/mol. The fraction of sp³-hybridized carbons (Fsp3) is 0.333. The number of pyridine rings is 1. The standard InChI is InChI=1S/C30H35ClN4O5/c1-21-15-23(17-24(31)16-21)25(18-29(37)38)35-30(39)26(20-40-19-22-9-3-2-4-10-22)34-28(36)12-6-8-14-33-27-11-5-7-13-32-27/h2-5,7,9-11,13,15-17,25-26H,6,8,12,14,18-20H2,1H3,(H,32,33)(H,34,36)(H,35,39)(H,37,38). The van der Waals surface area contributed by atoms with Crippen LogP contribution in [0.5, 0.6) is 0 Å². The maximum absolute atomic E-state index is 13.3. The molecule has 0 bridgehead atoms. The average Bonchev–Trinajstić information content (AvgIpc) is 2.92. The van der Waals surface area contributed by atoms with Crippen molar-refractivity contribution < 1.29 is 24.2 Å². The summed E-state index contributed by atoms with van der Waals surface area (Å²) in [5, 5.41) is 18.6. The molecule has 0 fully saturated rings. The summed E-state index contributed by atoms with van der Waals surface area (Å²) in [5.41, 5.74) is 2.32. The zero-order valence-corrected chi connectivity index (χ0v) is 23.2. The lowest BCUT2D eigenvalue weighted by atomic mass is 10.0. The number of carboxylic acid groups (broad SMARTS) is 1. The van der Waals surface area contributed by atoms with Crippen LogP contribution < -0.4 is 16.0 Å². The van der Waals surface area contributed by atoms with Crippen LogP contribution >= 0.6 is 11.6 Å². The molecule has 10 heteroatoms. The highest BCUT2D eigenvalue weighted by atomic mass is 35.5. The molecule has 2 aromatic carbocycles. The van der Waals surface area contributed by atoms with E-state index in [2.05, 4.69) is 20.9 Å². The number of rotatable bonds is 16. The molecule has 0 spiro atoms. The molecule has 2 atom stereocenters. The molecule has 1 aromatic heterocycles. The number of aromatic nitrogens is 1. The summed E-state index contributed by atoms with van der Waals surface area (Å²) < 4.78 is 5.77. The Morgan fingerprint density at radius 1 is 1.00 bits per heavy atom. The van der Waals surface area contributed by atoms with Gasteiger partial charge >= 0.3 is 5.97 Å². The number of ether oxygens (including phenoxy) is 1. The number of hydrogen-bond acceptors (Lipinski definition) is 6. The van der Waals surface area contributed by atoms with Crippen molar-refractivity contribution in [3.8, 4) is 0 Å². The Balaban J connectivity index is 1.61. The summed E-state index contributed by atoms with van der Waals surface area (Å²) in [7, 11) is 0. The third-order valence-corrected chi connectivity index (χ3v) is 6.23. The van der Waals surface area contributed by atoms with Crippen molar-refractivity contribution in [1.29, 1.82) is 0 Å². The molecule has 0 aliphatic rings. The summed E-state index contributed by atoms with van der Waals surface area (Å²) >= 11 is 6.19. The van der Waals surface area contributed by atoms with E-state index in [0.717, 1.165) is 23.4 Å². The molecule has 0 saturated carbocycles. The van der Waals surface area contributed by atoms with Crippen LogP contribution in [0.15, 0.2) is 72.9 Å². The largest absolute Gasteiger partial charge is 0.481 e. The number of aliphatic carboxylic acids is 1. The van der Waals surface area contributed by atoms with Gasteiger partial charge in [-0.1, -0.05) is 54.1 Å². The van der Waals surface area contributed by atoms with Gasteiger partial charge in [0.05, 0.1) is 25.7 Å². The first-order chi connectivity index (χ1) is 19.3. The minimum atomic E-state index is -1.08. The van der Waals surface area contributed by atoms with E-state index in [1.807, 2.05) is 55.5 Å². The molecule has 0 radical (unpaired) electrons. The molecule has 0 aliphatic carbocycles. The van der Waals surface area contributed by atoms with Crippen LogP contribution in [0.25, 0.3) is 0 Å². The molecule has 0 saturated heterocycles. The predicted molar refractivity (Wildman–Crippen MR) is 154 cm³/mol. The van der Waals surface area contributed by atoms with Gasteiger partial charge in [-0.15, -0.1) is 0 Å². The number of carboxylic acids is 1. The van der Waals surface area contributed by atoms with Gasteiger partial charge < -0.3 is 25.8 Å². The number of halogens is 1. The molecule has 2 unspecified atom stereocenters. The van der Waals surface area contributed by atoms with Crippen molar-refractivity contribution in [3.05, 3.63) is 94.6 Å². The normalized spacial score (nSPS) is 12.2. The second-order valence-corrected chi connectivity index (χ2v) is 9.88. The van der Waals surface area contributed by atoms with Gasteiger partial charge in [0.1, 0.15) is 11.9 Å². The van der Waals surface area contributed by atoms with E-state index in [0.29, 0.717) is 23.6 Å². The van der Waals surface area contributed by atoms with Gasteiger partial charge in [0.25, 0.3) is 0 Å². The van der Waals surface area contributed by atoms with Crippen molar-refractivity contribution in [3.63, 3.8) is 0 Å². The number of nitrogens with zero attached hydrogens (tertiary/aromatic N) is 1. The molecule has 1 heterocycles. The first-order valence-corrected chi connectivity index (χ1v) is 13.5. The number of nitrogens with one attached hydrogen (secondary N) is 3. The maximum Gasteiger partial charge on any atom is 0.305 e. The number of benzene rings is 2. The SMILES string of the molecule is Cc1cc(Cl)cc(C(CC(=O)O)NC(=O)C(COCc2ccccc2)NC(=O)CCCCNc2ccccn2)c1. The Morgan fingerprint density at radius 2 is 1.77 bits per heavy atom. The summed E-state index contributed by atoms with van der Waals surface area (Å²) in [5.74, 6) is -1.15. The van der Waals surface area contributed by atoms with Crippen molar-refractivity contribution in [2.24, 2.45) is 0 Å². The third kappa shape index (κ3) is 11.0. The van der Waals surface area contributed by atoms with Gasteiger partial charge in [-0.3, -0.25) is 14.4 Å². The number of carbonyl (C=O) groups is 3. The van der Waals surface area contributed by atoms with Crippen molar-refractivity contribution >= 4 is 35.2 Å². The summed E-state index contributed by atoms with van der Waals surface area (Å²) in [6, 6.07) is 18.4. The van der Waals surface area contributed by atoms with Gasteiger partial charge in [0.2, 0.25) is 11.8 Å². The third-order valence-electron chi connectivity index (χ3n) is 6.01. The molecule has 0 aliphatic heterocycles. The summed E-state index contributed by atoms with van der Waals surface area (Å²) in [6.07, 6.45) is 2.92. The Kier molecular flexibility index (Phi) is 12.4. The van der Waals surface area contributed by atoms with Crippen LogP contribution in [-0.2, 0) is 25.7 Å². The molecule has 40 heavy (non-hydrogen) atoms. The number of anilines is 1. The summed E-state index contributed by atoms with van der Waals surface area (Å²) in [4.78, 5) is 41.9. The van der Waals surface area contributed by atoms with Gasteiger partial charge in [0.15, 0.2) is 0 Å². The predicted octanol–water partition coefficient (Wildman–Crippen LogP) is 4.66. The van der Waals surface area contributed by atoms with Crippen LogP contribution in [-0.4, -0.2) is 47.1 Å². The monoisotopic (exact) mass is 566 g/mol. The molecular formula is C30H35ClN4O5. The quantitative estimate of drug-likeness (QED) is 0.186. The highest BCUT2D eigenvalue weighted by Gasteiger charge is 2.26. The highest BCUT2D eigenvalue weighted by Crippen LogP contribution is 2.23. The van der Waals surface area contributed by atoms with E-state index in [-0.39, 0.29) is 32.0 Å². The lowest BCUT2D eigenvalue weighted by Crippen LogP contribution is -2.50. The minimum absolute atomic E-state index is 0.0813. The maximum atomic E-state index is 13.3. The Morgan fingerprint density at radius 3 is 2.48 bits per heavy atom. The number of hydrogen-bond donors (Lipinski definition) is 4. The van der Waals surface area contributed by atoms with E-state index in [9.17, 15) is 19.5 Å². The topological polar surface area (TPSA) is 130 Å². The van der Waals surface area contributed by atoms with Crippen LogP contribution in [0.3, 0.4) is 0 Å². The molecular weight excluding hydrogens is 532 g/mol. The van der Waals surface area contributed by atoms with E-state index in [1.165, 1.54) is 0 Å². The van der Waals surface area contributed by atoms with Crippen molar-refractivity contribution in [2.45, 2.75) is 51.3 Å². The van der Waals surface area contributed by atoms with E-state index in [4.69, 9.17) is 16.3 Å². The molecule has 4 N–H and O–H groups in total. The molecule has 9 nitrogen and oxygen atoms in total. The Labute approximate surface area is 239 Å². The zero-order chi connectivity index (χ0) is 28.7. The Hall–Kier alpha value is -3.95. The van der Waals surface area contributed by atoms with Crippen molar-refractivity contribution in [2.75, 3.05) is 18.5 Å². The number of amides is 2. The van der Waals surface area contributed by atoms with Gasteiger partial charge in [-0.2, -0.15) is 0 Å². The van der Waals surface area contributed by atoms with Crippen LogP contribution in [0, 0.1) is 6.92 Å². The van der Waals surface area contributed by atoms with Gasteiger partial charge in [-0.05, 0) is 60.7 Å². The van der Waals surface area contributed by atoms with Crippen LogP contribution in [0.2, 0.25) is 5.02 Å². The first-order valence-electron chi connectivity index (χ1n) is 13.2. The van der Waals surface area contributed by atoms with Gasteiger partial charge in [-0.25, -0.2) is 4.98 Å². The second-order valence-electron chi connectivity index (χ2n) is 9.44. The smallest absolute Gasteiger partial charge is 0.305 e. The number of unbranched alkanes of at least 4 members (excludes halogenated alkanes) is 1. The van der Waals surface area contributed by atoms with E-state index < -0.39 is 24.0 Å². The molecule has 212 valence electrons. The summed E-state index contributed by atoms with van der Waals surface area (Å²) in [6.45, 7) is 2.67. The van der Waals surface area contributed by atoms with E-state index >= 15 is 0 Å². The minimum Gasteiger partial charge on any atom is -0.481 e. The first kappa shape index (κ1) is 30.6. The Bertz CT molecular complexity index is 1220. The number of aryl methyl sites for hydroxylation is 1. The molecule has 3 aromatic rings. The second kappa shape index (κ2) is 16.2. The van der Waals surface area contributed by atoms with Crippen LogP contribution in [0.4, 0.5) is 5.82 Å². The highest BCUT2D eigenvalue weighted by molar-refractivity contribution is 6.30. The van der Waals surface area contributed by atoms with E-state index in [1.54, 1.807) is 24.4 Å². The lowest BCUT2D eigenvalue weighted by Gasteiger charge is -2.23. The van der Waals surface area contributed by atoms with Gasteiger partial charge in [0, 0.05) is 24.2 Å². The molecule has 3 rings (SSSR count).